The van der Waals surface area contributed by atoms with E-state index < -0.39 is 9.84 Å². The predicted molar refractivity (Wildman–Crippen MR) is 109 cm³/mol. The Morgan fingerprint density at radius 3 is 2.38 bits per heavy atom. The van der Waals surface area contributed by atoms with Gasteiger partial charge in [0.1, 0.15) is 11.5 Å². The number of hydrogen-bond donors (Lipinski definition) is 0. The van der Waals surface area contributed by atoms with Crippen molar-refractivity contribution < 1.29 is 17.4 Å². The van der Waals surface area contributed by atoms with Crippen molar-refractivity contribution in [2.24, 2.45) is 0 Å². The molecule has 7 heteroatoms. The third-order valence-corrected chi connectivity index (χ3v) is 6.43. The van der Waals surface area contributed by atoms with Crippen LogP contribution in [0.3, 0.4) is 0 Å². The maximum atomic E-state index is 12.6. The molecular formula is C22H20N2O4S. The molecule has 0 bridgehead atoms. The molecule has 2 aromatic heterocycles. The molecule has 0 fully saturated rings. The van der Waals surface area contributed by atoms with Crippen molar-refractivity contribution in [2.75, 3.05) is 0 Å². The number of furan rings is 1. The second-order valence-corrected chi connectivity index (χ2v) is 9.05. The van der Waals surface area contributed by atoms with E-state index in [2.05, 4.69) is 10.1 Å². The molecule has 6 nitrogen and oxygen atoms in total. The highest BCUT2D eigenvalue weighted by molar-refractivity contribution is 7.90. The highest BCUT2D eigenvalue weighted by atomic mass is 32.2. The summed E-state index contributed by atoms with van der Waals surface area (Å²) in [6.07, 6.45) is 0. The van der Waals surface area contributed by atoms with Crippen LogP contribution in [0.15, 0.2) is 68.4 Å². The van der Waals surface area contributed by atoms with Crippen molar-refractivity contribution in [1.29, 1.82) is 0 Å². The maximum Gasteiger partial charge on any atom is 0.293 e. The summed E-state index contributed by atoms with van der Waals surface area (Å²) in [7, 11) is -3.51. The minimum Gasteiger partial charge on any atom is -0.455 e. The lowest BCUT2D eigenvalue weighted by Gasteiger charge is -2.03. The minimum absolute atomic E-state index is 0.206. The van der Waals surface area contributed by atoms with Crippen molar-refractivity contribution in [3.8, 4) is 23.0 Å². The van der Waals surface area contributed by atoms with Gasteiger partial charge in [0.25, 0.3) is 5.89 Å². The van der Waals surface area contributed by atoms with Crippen LogP contribution in [0.4, 0.5) is 0 Å². The largest absolute Gasteiger partial charge is 0.455 e. The van der Waals surface area contributed by atoms with Crippen LogP contribution >= 0.6 is 0 Å². The molecule has 0 aliphatic rings. The minimum atomic E-state index is -3.51. The molecule has 29 heavy (non-hydrogen) atoms. The Hall–Kier alpha value is -3.19. The van der Waals surface area contributed by atoms with E-state index in [0.717, 1.165) is 16.7 Å². The first-order chi connectivity index (χ1) is 13.8. The average molecular weight is 408 g/mol. The summed E-state index contributed by atoms with van der Waals surface area (Å²) >= 11 is 0. The van der Waals surface area contributed by atoms with Gasteiger partial charge in [-0.2, -0.15) is 4.98 Å². The Morgan fingerprint density at radius 2 is 1.66 bits per heavy atom. The van der Waals surface area contributed by atoms with Crippen LogP contribution in [-0.2, 0) is 15.6 Å². The van der Waals surface area contributed by atoms with Crippen molar-refractivity contribution >= 4 is 9.84 Å². The summed E-state index contributed by atoms with van der Waals surface area (Å²) in [5, 5.41) is 4.01. The highest BCUT2D eigenvalue weighted by Gasteiger charge is 2.20. The zero-order valence-corrected chi connectivity index (χ0v) is 17.2. The van der Waals surface area contributed by atoms with E-state index in [1.165, 1.54) is 5.56 Å². The number of sulfone groups is 1. The Kier molecular flexibility index (Phi) is 4.84. The van der Waals surface area contributed by atoms with Crippen LogP contribution in [0.25, 0.3) is 23.0 Å². The van der Waals surface area contributed by atoms with Gasteiger partial charge in [0.05, 0.1) is 4.90 Å². The van der Waals surface area contributed by atoms with Crippen molar-refractivity contribution in [3.63, 3.8) is 0 Å². The Bertz CT molecular complexity index is 1270. The second-order valence-electron chi connectivity index (χ2n) is 7.06. The van der Waals surface area contributed by atoms with Gasteiger partial charge < -0.3 is 8.94 Å². The number of nitrogens with zero attached hydrogens (tertiary/aromatic N) is 2. The van der Waals surface area contributed by atoms with Gasteiger partial charge >= 0.3 is 0 Å². The van der Waals surface area contributed by atoms with Gasteiger partial charge in [-0.15, -0.1) is 0 Å². The zero-order chi connectivity index (χ0) is 20.6. The number of hydrogen-bond acceptors (Lipinski definition) is 6. The fourth-order valence-corrected chi connectivity index (χ4v) is 4.16. The lowest BCUT2D eigenvalue weighted by atomic mass is 10.1. The first-order valence-corrected chi connectivity index (χ1v) is 10.8. The summed E-state index contributed by atoms with van der Waals surface area (Å²) in [6, 6.07) is 15.9. The van der Waals surface area contributed by atoms with Gasteiger partial charge in [-0.1, -0.05) is 35.0 Å². The van der Waals surface area contributed by atoms with Gasteiger partial charge in [0.15, 0.2) is 15.6 Å². The van der Waals surface area contributed by atoms with Crippen molar-refractivity contribution in [2.45, 2.75) is 31.4 Å². The van der Waals surface area contributed by atoms with Crippen LogP contribution in [0, 0.1) is 20.8 Å². The van der Waals surface area contributed by atoms with E-state index >= 15 is 0 Å². The van der Waals surface area contributed by atoms with Crippen LogP contribution in [0.1, 0.15) is 22.5 Å². The number of aryl methyl sites for hydroxylation is 3. The normalized spacial score (nSPS) is 11.7. The van der Waals surface area contributed by atoms with E-state index in [4.69, 9.17) is 8.94 Å². The first-order valence-electron chi connectivity index (χ1n) is 9.12. The Morgan fingerprint density at radius 1 is 0.897 bits per heavy atom. The molecule has 0 aliphatic heterocycles. The summed E-state index contributed by atoms with van der Waals surface area (Å²) in [6.45, 7) is 5.97. The zero-order valence-electron chi connectivity index (χ0n) is 16.3. The molecule has 0 unspecified atom stereocenters. The van der Waals surface area contributed by atoms with Crippen LogP contribution < -0.4 is 0 Å². The molecule has 0 radical (unpaired) electrons. The molecule has 0 saturated carbocycles. The predicted octanol–water partition coefficient (Wildman–Crippen LogP) is 4.90. The van der Waals surface area contributed by atoms with Gasteiger partial charge in [-0.25, -0.2) is 8.42 Å². The lowest BCUT2D eigenvalue weighted by molar-refractivity contribution is 0.413. The molecule has 0 aliphatic carbocycles. The van der Waals surface area contributed by atoms with Crippen molar-refractivity contribution in [3.05, 3.63) is 77.0 Å². The summed E-state index contributed by atoms with van der Waals surface area (Å²) in [5.74, 6) is 1.06. The SMILES string of the molecule is Cc1ccc(S(=O)(=O)Cc2ccc(-c3nc(-c4ccc(C)c(C)c4)no3)o2)cc1. The Labute approximate surface area is 169 Å². The monoisotopic (exact) mass is 408 g/mol. The van der Waals surface area contributed by atoms with E-state index in [1.807, 2.05) is 39.0 Å². The third-order valence-electron chi connectivity index (χ3n) is 4.78. The molecule has 4 aromatic rings. The average Bonchev–Trinajstić information content (AvgIpc) is 3.33. The van der Waals surface area contributed by atoms with E-state index in [1.54, 1.807) is 36.4 Å². The van der Waals surface area contributed by atoms with Gasteiger partial charge in [0.2, 0.25) is 5.82 Å². The van der Waals surface area contributed by atoms with Gasteiger partial charge in [-0.3, -0.25) is 0 Å². The molecule has 0 saturated heterocycles. The smallest absolute Gasteiger partial charge is 0.293 e. The van der Waals surface area contributed by atoms with E-state index in [9.17, 15) is 8.42 Å². The molecule has 2 heterocycles. The third kappa shape index (κ3) is 4.00. The second kappa shape index (κ2) is 7.33. The molecule has 0 N–H and O–H groups in total. The lowest BCUT2D eigenvalue weighted by Crippen LogP contribution is -2.04. The topological polar surface area (TPSA) is 86.2 Å². The first kappa shape index (κ1) is 19.1. The fraction of sp³-hybridized carbons (Fsp3) is 0.182. The van der Waals surface area contributed by atoms with Crippen molar-refractivity contribution in [1.82, 2.24) is 10.1 Å². The van der Waals surface area contributed by atoms with Crippen LogP contribution in [0.2, 0.25) is 0 Å². The molecule has 148 valence electrons. The standard InChI is InChI=1S/C22H20N2O4S/c1-14-4-9-19(10-5-14)29(25,26)13-18-8-11-20(27-18)22-23-21(24-28-22)17-7-6-15(2)16(3)12-17/h4-12H,13H2,1-3H3. The highest BCUT2D eigenvalue weighted by Crippen LogP contribution is 2.27. The van der Waals surface area contributed by atoms with E-state index in [0.29, 0.717) is 17.3 Å². The van der Waals surface area contributed by atoms with Gasteiger partial charge in [0, 0.05) is 5.56 Å². The van der Waals surface area contributed by atoms with Crippen LogP contribution in [-0.4, -0.2) is 18.6 Å². The molecule has 0 atom stereocenters. The van der Waals surface area contributed by atoms with Crippen LogP contribution in [0.5, 0.6) is 0 Å². The van der Waals surface area contributed by atoms with Gasteiger partial charge in [-0.05, 0) is 62.2 Å². The summed E-state index contributed by atoms with van der Waals surface area (Å²) < 4.78 is 36.2. The summed E-state index contributed by atoms with van der Waals surface area (Å²) in [5.41, 5.74) is 4.16. The molecule has 0 amide bonds. The molecule has 2 aromatic carbocycles. The summed E-state index contributed by atoms with van der Waals surface area (Å²) in [4.78, 5) is 4.64. The fourth-order valence-electron chi connectivity index (χ4n) is 2.91. The molecule has 4 rings (SSSR count). The molecule has 0 spiro atoms. The maximum absolute atomic E-state index is 12.6. The molecular weight excluding hydrogens is 388 g/mol. The number of aromatic nitrogens is 2. The Balaban J connectivity index is 1.56. The number of benzene rings is 2. The number of rotatable bonds is 5. The quantitative estimate of drug-likeness (QED) is 0.467. The van der Waals surface area contributed by atoms with E-state index in [-0.39, 0.29) is 16.5 Å².